The number of carbonyl (C=O) groups is 1. The molecule has 0 bridgehead atoms. The van der Waals surface area contributed by atoms with Crippen LogP contribution in [-0.4, -0.2) is 33.3 Å². The van der Waals surface area contributed by atoms with Gasteiger partial charge in [-0.25, -0.2) is 0 Å². The van der Waals surface area contributed by atoms with Gasteiger partial charge in [0.25, 0.3) is 5.91 Å². The van der Waals surface area contributed by atoms with E-state index in [1.54, 1.807) is 14.2 Å². The Balaban J connectivity index is 1.84. The summed E-state index contributed by atoms with van der Waals surface area (Å²) in [6.07, 6.45) is 0.703. The van der Waals surface area contributed by atoms with E-state index >= 15 is 0 Å². The Morgan fingerprint density at radius 2 is 1.65 bits per heavy atom. The highest BCUT2D eigenvalue weighted by atomic mass is 16.5. The maximum Gasteiger partial charge on any atom is 0.257 e. The minimum atomic E-state index is -0.134. The van der Waals surface area contributed by atoms with Crippen molar-refractivity contribution in [3.05, 3.63) is 52.6 Å². The largest absolute Gasteiger partial charge is 0.493 e. The predicted molar refractivity (Wildman–Crippen MR) is 102 cm³/mol. The number of aryl methyl sites for hydroxylation is 2. The second-order valence-corrected chi connectivity index (χ2v) is 6.23. The summed E-state index contributed by atoms with van der Waals surface area (Å²) in [6, 6.07) is 9.81. The van der Waals surface area contributed by atoms with Crippen molar-refractivity contribution in [2.75, 3.05) is 27.4 Å². The fraction of sp³-hybridized carbons (Fsp3) is 0.381. The molecular weight excluding hydrogens is 330 g/mol. The standard InChI is InChI=1S/C21H27NO4/c1-14-6-7-15(2)21(16(14)3)26-13-20(23)22-11-10-17-8-9-18(24-4)19(12-17)25-5/h6-9,12H,10-11,13H2,1-5H3,(H,22,23). The van der Waals surface area contributed by atoms with E-state index in [4.69, 9.17) is 14.2 Å². The lowest BCUT2D eigenvalue weighted by Crippen LogP contribution is -2.30. The second kappa shape index (κ2) is 9.13. The summed E-state index contributed by atoms with van der Waals surface area (Å²) in [5, 5.41) is 2.89. The van der Waals surface area contributed by atoms with Crippen molar-refractivity contribution < 1.29 is 19.0 Å². The first kappa shape index (κ1) is 19.6. The Bertz CT molecular complexity index is 771. The van der Waals surface area contributed by atoms with Crippen molar-refractivity contribution in [2.45, 2.75) is 27.2 Å². The SMILES string of the molecule is COc1ccc(CCNC(=O)COc2c(C)ccc(C)c2C)cc1OC. The van der Waals surface area contributed by atoms with Crippen molar-refractivity contribution in [1.82, 2.24) is 5.32 Å². The molecule has 1 amide bonds. The number of carbonyl (C=O) groups excluding carboxylic acids is 1. The third kappa shape index (κ3) is 4.91. The maximum absolute atomic E-state index is 12.1. The van der Waals surface area contributed by atoms with Crippen LogP contribution in [0.4, 0.5) is 0 Å². The first-order chi connectivity index (χ1) is 12.5. The molecule has 0 saturated heterocycles. The van der Waals surface area contributed by atoms with Gasteiger partial charge in [0.1, 0.15) is 5.75 Å². The normalized spacial score (nSPS) is 10.3. The Kier molecular flexibility index (Phi) is 6.89. The Morgan fingerprint density at radius 3 is 2.35 bits per heavy atom. The highest BCUT2D eigenvalue weighted by Crippen LogP contribution is 2.27. The zero-order chi connectivity index (χ0) is 19.1. The van der Waals surface area contributed by atoms with E-state index in [0.717, 1.165) is 28.0 Å². The van der Waals surface area contributed by atoms with Crippen LogP contribution in [0.25, 0.3) is 0 Å². The summed E-state index contributed by atoms with van der Waals surface area (Å²) < 4.78 is 16.2. The molecule has 1 N–H and O–H groups in total. The number of hydrogen-bond acceptors (Lipinski definition) is 4. The number of ether oxygens (including phenoxy) is 3. The van der Waals surface area contributed by atoms with Crippen LogP contribution in [0.1, 0.15) is 22.3 Å². The summed E-state index contributed by atoms with van der Waals surface area (Å²) in [6.45, 7) is 6.56. The molecule has 0 aliphatic heterocycles. The first-order valence-corrected chi connectivity index (χ1v) is 8.63. The van der Waals surface area contributed by atoms with Gasteiger partial charge in [-0.15, -0.1) is 0 Å². The smallest absolute Gasteiger partial charge is 0.257 e. The van der Waals surface area contributed by atoms with Crippen molar-refractivity contribution >= 4 is 5.91 Å². The predicted octanol–water partition coefficient (Wildman–Crippen LogP) is 3.37. The fourth-order valence-corrected chi connectivity index (χ4v) is 2.72. The van der Waals surface area contributed by atoms with Gasteiger partial charge in [0.2, 0.25) is 0 Å². The molecule has 2 aromatic carbocycles. The Morgan fingerprint density at radius 1 is 0.962 bits per heavy atom. The highest BCUT2D eigenvalue weighted by molar-refractivity contribution is 5.77. The van der Waals surface area contributed by atoms with Gasteiger partial charge in [0, 0.05) is 6.54 Å². The summed E-state index contributed by atoms with van der Waals surface area (Å²) >= 11 is 0. The molecule has 0 atom stereocenters. The van der Waals surface area contributed by atoms with Gasteiger partial charge in [-0.3, -0.25) is 4.79 Å². The number of methoxy groups -OCH3 is 2. The quantitative estimate of drug-likeness (QED) is 0.787. The number of rotatable bonds is 8. The fourth-order valence-electron chi connectivity index (χ4n) is 2.72. The molecule has 0 aliphatic rings. The highest BCUT2D eigenvalue weighted by Gasteiger charge is 2.09. The molecule has 0 radical (unpaired) electrons. The van der Waals surface area contributed by atoms with E-state index in [1.807, 2.05) is 45.0 Å². The van der Waals surface area contributed by atoms with Gasteiger partial charge in [-0.2, -0.15) is 0 Å². The van der Waals surface area contributed by atoms with Gasteiger partial charge in [0.05, 0.1) is 14.2 Å². The number of amides is 1. The molecule has 5 heteroatoms. The van der Waals surface area contributed by atoms with Crippen molar-refractivity contribution in [2.24, 2.45) is 0 Å². The molecule has 0 saturated carbocycles. The van der Waals surface area contributed by atoms with E-state index in [0.29, 0.717) is 24.5 Å². The molecule has 0 fully saturated rings. The zero-order valence-corrected chi connectivity index (χ0v) is 16.1. The van der Waals surface area contributed by atoms with Crippen molar-refractivity contribution in [1.29, 1.82) is 0 Å². The molecule has 140 valence electrons. The van der Waals surface area contributed by atoms with E-state index in [2.05, 4.69) is 11.4 Å². The third-order valence-electron chi connectivity index (χ3n) is 4.40. The van der Waals surface area contributed by atoms with Crippen molar-refractivity contribution in [3.63, 3.8) is 0 Å². The number of hydrogen-bond donors (Lipinski definition) is 1. The van der Waals surface area contributed by atoms with Crippen LogP contribution >= 0.6 is 0 Å². The van der Waals surface area contributed by atoms with Crippen LogP contribution < -0.4 is 19.5 Å². The maximum atomic E-state index is 12.1. The average molecular weight is 357 g/mol. The van der Waals surface area contributed by atoms with Gasteiger partial charge in [0.15, 0.2) is 18.1 Å². The molecular formula is C21H27NO4. The molecule has 0 unspecified atom stereocenters. The van der Waals surface area contributed by atoms with Crippen LogP contribution in [0.3, 0.4) is 0 Å². The summed E-state index contributed by atoms with van der Waals surface area (Å²) in [4.78, 5) is 12.1. The topological polar surface area (TPSA) is 56.8 Å². The van der Waals surface area contributed by atoms with E-state index in [-0.39, 0.29) is 12.5 Å². The average Bonchev–Trinajstić information content (AvgIpc) is 2.64. The number of benzene rings is 2. The molecule has 5 nitrogen and oxygen atoms in total. The van der Waals surface area contributed by atoms with Crippen LogP contribution in [0.5, 0.6) is 17.2 Å². The minimum Gasteiger partial charge on any atom is -0.493 e. The van der Waals surface area contributed by atoms with Crippen LogP contribution in [0.15, 0.2) is 30.3 Å². The lowest BCUT2D eigenvalue weighted by atomic mass is 10.1. The summed E-state index contributed by atoms with van der Waals surface area (Å²) in [5.41, 5.74) is 4.32. The monoisotopic (exact) mass is 357 g/mol. The lowest BCUT2D eigenvalue weighted by Gasteiger charge is -2.14. The Hall–Kier alpha value is -2.69. The number of nitrogens with one attached hydrogen (secondary N) is 1. The first-order valence-electron chi connectivity index (χ1n) is 8.63. The summed E-state index contributed by atoms with van der Waals surface area (Å²) in [5.74, 6) is 2.04. The molecule has 2 aromatic rings. The lowest BCUT2D eigenvalue weighted by molar-refractivity contribution is -0.123. The van der Waals surface area contributed by atoms with Crippen molar-refractivity contribution in [3.8, 4) is 17.2 Å². The summed E-state index contributed by atoms with van der Waals surface area (Å²) in [7, 11) is 3.21. The second-order valence-electron chi connectivity index (χ2n) is 6.23. The molecule has 0 aromatic heterocycles. The van der Waals surface area contributed by atoms with Crippen LogP contribution in [0.2, 0.25) is 0 Å². The zero-order valence-electron chi connectivity index (χ0n) is 16.1. The van der Waals surface area contributed by atoms with Gasteiger partial charge in [-0.1, -0.05) is 18.2 Å². The molecule has 0 heterocycles. The third-order valence-corrected chi connectivity index (χ3v) is 4.40. The molecule has 0 spiro atoms. The van der Waals surface area contributed by atoms with Crippen LogP contribution in [-0.2, 0) is 11.2 Å². The van der Waals surface area contributed by atoms with Gasteiger partial charge < -0.3 is 19.5 Å². The van der Waals surface area contributed by atoms with Crippen LogP contribution in [0, 0.1) is 20.8 Å². The minimum absolute atomic E-state index is 0.0110. The molecule has 26 heavy (non-hydrogen) atoms. The van der Waals surface area contributed by atoms with E-state index in [1.165, 1.54) is 0 Å². The van der Waals surface area contributed by atoms with E-state index < -0.39 is 0 Å². The molecule has 2 rings (SSSR count). The molecule has 0 aliphatic carbocycles. The van der Waals surface area contributed by atoms with Gasteiger partial charge >= 0.3 is 0 Å². The van der Waals surface area contributed by atoms with Gasteiger partial charge in [-0.05, 0) is 61.6 Å². The van der Waals surface area contributed by atoms with E-state index in [9.17, 15) is 4.79 Å². The Labute approximate surface area is 155 Å².